The topological polar surface area (TPSA) is 50.7 Å². The fourth-order valence-corrected chi connectivity index (χ4v) is 2.64. The van der Waals surface area contributed by atoms with Gasteiger partial charge in [0.25, 0.3) is 0 Å². The maximum Gasteiger partial charge on any atom is 0.124 e. The average Bonchev–Trinajstić information content (AvgIpc) is 2.55. The number of hydrogen-bond acceptors (Lipinski definition) is 4. The first-order valence-corrected chi connectivity index (χ1v) is 7.08. The predicted octanol–water partition coefficient (Wildman–Crippen LogP) is 3.12. The molecule has 0 aromatic heterocycles. The third-order valence-corrected chi connectivity index (χ3v) is 3.77. The second-order valence-electron chi connectivity index (χ2n) is 5.05. The first-order valence-electron chi connectivity index (χ1n) is 7.08. The van der Waals surface area contributed by atoms with Crippen LogP contribution in [-0.4, -0.2) is 18.8 Å². The molecule has 0 aliphatic carbocycles. The fraction of sp³-hybridized carbons (Fsp3) is 0.294. The number of aliphatic hydroxyl groups excluding tert-OH is 1. The number of anilines is 1. The lowest BCUT2D eigenvalue weighted by atomic mass is 9.99. The Bertz CT molecular complexity index is 627. The van der Waals surface area contributed by atoms with Crippen molar-refractivity contribution in [3.63, 3.8) is 0 Å². The zero-order chi connectivity index (χ0) is 14.7. The van der Waals surface area contributed by atoms with Crippen LogP contribution in [0, 0.1) is 0 Å². The van der Waals surface area contributed by atoms with Gasteiger partial charge in [0, 0.05) is 23.2 Å². The molecule has 1 aliphatic rings. The van der Waals surface area contributed by atoms with Crippen LogP contribution in [0.5, 0.6) is 11.5 Å². The largest absolute Gasteiger partial charge is 0.497 e. The molecule has 0 bridgehead atoms. The smallest absolute Gasteiger partial charge is 0.124 e. The number of fused-ring (bicyclic) bond motifs is 1. The number of aliphatic hydroxyl groups is 1. The molecule has 0 amide bonds. The number of ether oxygens (including phenoxy) is 2. The van der Waals surface area contributed by atoms with Crippen molar-refractivity contribution in [2.45, 2.75) is 19.1 Å². The highest BCUT2D eigenvalue weighted by atomic mass is 16.5. The molecule has 0 fully saturated rings. The first kappa shape index (κ1) is 13.8. The van der Waals surface area contributed by atoms with Gasteiger partial charge in [-0.05, 0) is 24.3 Å². The number of benzene rings is 2. The lowest BCUT2D eigenvalue weighted by Gasteiger charge is -2.28. The molecule has 110 valence electrons. The molecule has 21 heavy (non-hydrogen) atoms. The summed E-state index contributed by atoms with van der Waals surface area (Å²) >= 11 is 0. The number of nitrogens with one attached hydrogen (secondary N) is 1. The molecule has 1 aliphatic heterocycles. The van der Waals surface area contributed by atoms with Gasteiger partial charge < -0.3 is 19.9 Å². The van der Waals surface area contributed by atoms with Crippen LogP contribution in [0.4, 0.5) is 5.69 Å². The van der Waals surface area contributed by atoms with Gasteiger partial charge in [-0.3, -0.25) is 0 Å². The van der Waals surface area contributed by atoms with Gasteiger partial charge in [0.2, 0.25) is 0 Å². The van der Waals surface area contributed by atoms with Gasteiger partial charge in [-0.25, -0.2) is 0 Å². The summed E-state index contributed by atoms with van der Waals surface area (Å²) < 4.78 is 11.0. The van der Waals surface area contributed by atoms with E-state index in [1.807, 2.05) is 42.5 Å². The Balaban J connectivity index is 1.91. The van der Waals surface area contributed by atoms with Gasteiger partial charge in [-0.2, -0.15) is 0 Å². The molecular weight excluding hydrogens is 266 g/mol. The van der Waals surface area contributed by atoms with E-state index in [0.29, 0.717) is 6.61 Å². The third-order valence-electron chi connectivity index (χ3n) is 3.77. The van der Waals surface area contributed by atoms with Crippen LogP contribution in [0.25, 0.3) is 0 Å². The highest BCUT2D eigenvalue weighted by Gasteiger charge is 2.22. The Hall–Kier alpha value is -2.20. The standard InChI is InChI=1S/C17H19NO3/c1-20-13-6-7-17-14(10-13)16(8-9-21-17)18-15-5-3-2-4-12(15)11-19/h2-7,10,16,18-19H,8-9,11H2,1H3. The van der Waals surface area contributed by atoms with Crippen LogP contribution in [0.3, 0.4) is 0 Å². The fourth-order valence-electron chi connectivity index (χ4n) is 2.64. The summed E-state index contributed by atoms with van der Waals surface area (Å²) in [5.41, 5.74) is 2.95. The van der Waals surface area contributed by atoms with Crippen molar-refractivity contribution >= 4 is 5.69 Å². The van der Waals surface area contributed by atoms with Crippen molar-refractivity contribution in [2.75, 3.05) is 19.0 Å². The molecule has 3 rings (SSSR count). The van der Waals surface area contributed by atoms with Gasteiger partial charge >= 0.3 is 0 Å². The van der Waals surface area contributed by atoms with E-state index < -0.39 is 0 Å². The molecule has 4 nitrogen and oxygen atoms in total. The first-order chi connectivity index (χ1) is 10.3. The van der Waals surface area contributed by atoms with E-state index in [1.165, 1.54) is 0 Å². The lowest BCUT2D eigenvalue weighted by molar-refractivity contribution is 0.272. The zero-order valence-electron chi connectivity index (χ0n) is 12.0. The molecule has 2 aromatic rings. The van der Waals surface area contributed by atoms with E-state index in [-0.39, 0.29) is 12.6 Å². The summed E-state index contributed by atoms with van der Waals surface area (Å²) in [6, 6.07) is 13.8. The third kappa shape index (κ3) is 2.81. The van der Waals surface area contributed by atoms with E-state index in [2.05, 4.69) is 5.32 Å². The molecular formula is C17H19NO3. The van der Waals surface area contributed by atoms with E-state index in [4.69, 9.17) is 9.47 Å². The van der Waals surface area contributed by atoms with Crippen molar-refractivity contribution in [3.8, 4) is 11.5 Å². The highest BCUT2D eigenvalue weighted by Crippen LogP contribution is 2.37. The normalized spacial score (nSPS) is 16.8. The molecule has 0 spiro atoms. The monoisotopic (exact) mass is 285 g/mol. The van der Waals surface area contributed by atoms with Crippen LogP contribution >= 0.6 is 0 Å². The Kier molecular flexibility index (Phi) is 3.97. The molecule has 4 heteroatoms. The number of methoxy groups -OCH3 is 1. The predicted molar refractivity (Wildman–Crippen MR) is 81.8 cm³/mol. The summed E-state index contributed by atoms with van der Waals surface area (Å²) in [6.45, 7) is 0.704. The summed E-state index contributed by atoms with van der Waals surface area (Å²) in [5, 5.41) is 13.0. The van der Waals surface area contributed by atoms with E-state index in [0.717, 1.165) is 34.7 Å². The van der Waals surface area contributed by atoms with Crippen LogP contribution in [0.2, 0.25) is 0 Å². The summed E-state index contributed by atoms with van der Waals surface area (Å²) in [5.74, 6) is 1.71. The van der Waals surface area contributed by atoms with Crippen LogP contribution in [0.15, 0.2) is 42.5 Å². The van der Waals surface area contributed by atoms with Crippen molar-refractivity contribution in [1.29, 1.82) is 0 Å². The Morgan fingerprint density at radius 2 is 2.14 bits per heavy atom. The van der Waals surface area contributed by atoms with Crippen LogP contribution in [-0.2, 0) is 6.61 Å². The maximum atomic E-state index is 9.44. The van der Waals surface area contributed by atoms with E-state index in [9.17, 15) is 5.11 Å². The van der Waals surface area contributed by atoms with Gasteiger partial charge in [0.15, 0.2) is 0 Å². The molecule has 1 unspecified atom stereocenters. The van der Waals surface area contributed by atoms with E-state index >= 15 is 0 Å². The van der Waals surface area contributed by atoms with Gasteiger partial charge in [0.1, 0.15) is 11.5 Å². The van der Waals surface area contributed by atoms with E-state index in [1.54, 1.807) is 7.11 Å². The van der Waals surface area contributed by atoms with Crippen molar-refractivity contribution in [3.05, 3.63) is 53.6 Å². The van der Waals surface area contributed by atoms with Crippen molar-refractivity contribution in [1.82, 2.24) is 0 Å². The molecule has 1 heterocycles. The van der Waals surface area contributed by atoms with Gasteiger partial charge in [-0.15, -0.1) is 0 Å². The second-order valence-corrected chi connectivity index (χ2v) is 5.05. The number of hydrogen-bond donors (Lipinski definition) is 2. The summed E-state index contributed by atoms with van der Waals surface area (Å²) in [7, 11) is 1.66. The van der Waals surface area contributed by atoms with Crippen LogP contribution < -0.4 is 14.8 Å². The molecule has 0 saturated carbocycles. The molecule has 0 radical (unpaired) electrons. The Morgan fingerprint density at radius 1 is 1.29 bits per heavy atom. The second kappa shape index (κ2) is 6.06. The summed E-state index contributed by atoms with van der Waals surface area (Å²) in [6.07, 6.45) is 0.875. The zero-order valence-corrected chi connectivity index (χ0v) is 12.0. The maximum absolute atomic E-state index is 9.44. The van der Waals surface area contributed by atoms with Crippen molar-refractivity contribution in [2.24, 2.45) is 0 Å². The molecule has 1 atom stereocenters. The molecule has 0 saturated heterocycles. The van der Waals surface area contributed by atoms with Gasteiger partial charge in [-0.1, -0.05) is 18.2 Å². The molecule has 2 aromatic carbocycles. The van der Waals surface area contributed by atoms with Gasteiger partial charge in [0.05, 0.1) is 26.4 Å². The lowest BCUT2D eigenvalue weighted by Crippen LogP contribution is -2.21. The minimum absolute atomic E-state index is 0.0252. The Labute approximate surface area is 124 Å². The van der Waals surface area contributed by atoms with Crippen molar-refractivity contribution < 1.29 is 14.6 Å². The highest BCUT2D eigenvalue weighted by molar-refractivity contribution is 5.54. The number of para-hydroxylation sites is 1. The molecule has 2 N–H and O–H groups in total. The summed E-state index contributed by atoms with van der Waals surface area (Å²) in [4.78, 5) is 0. The quantitative estimate of drug-likeness (QED) is 0.906. The minimum Gasteiger partial charge on any atom is -0.497 e. The van der Waals surface area contributed by atoms with Crippen LogP contribution in [0.1, 0.15) is 23.6 Å². The average molecular weight is 285 g/mol. The SMILES string of the molecule is COc1ccc2c(c1)C(Nc1ccccc1CO)CCO2. The number of rotatable bonds is 4. The Morgan fingerprint density at radius 3 is 2.95 bits per heavy atom. The minimum atomic E-state index is 0.0252.